The summed E-state index contributed by atoms with van der Waals surface area (Å²) in [6.07, 6.45) is 3.70. The van der Waals surface area contributed by atoms with Crippen molar-refractivity contribution in [3.8, 4) is 0 Å². The Kier molecular flexibility index (Phi) is 4.29. The number of hydrogen-bond acceptors (Lipinski definition) is 3. The fraction of sp³-hybridized carbons (Fsp3) is 0.727. The molecule has 0 spiro atoms. The van der Waals surface area contributed by atoms with Crippen LogP contribution in [0.25, 0.3) is 0 Å². The topological polar surface area (TPSA) is 47.1 Å². The fourth-order valence-corrected chi connectivity index (χ4v) is 1.42. The molecule has 0 saturated heterocycles. The van der Waals surface area contributed by atoms with Gasteiger partial charge in [-0.15, -0.1) is 0 Å². The summed E-state index contributed by atoms with van der Waals surface area (Å²) in [6.45, 7) is 8.35. The summed E-state index contributed by atoms with van der Waals surface area (Å²) in [5.74, 6) is 0. The van der Waals surface area contributed by atoms with E-state index in [4.69, 9.17) is 5.73 Å². The first-order chi connectivity index (χ1) is 7.02. The zero-order chi connectivity index (χ0) is 11.4. The van der Waals surface area contributed by atoms with Crippen LogP contribution in [0.1, 0.15) is 32.5 Å². The molecule has 0 aromatic carbocycles. The van der Waals surface area contributed by atoms with E-state index in [2.05, 4.69) is 35.3 Å². The first-order valence-electron chi connectivity index (χ1n) is 5.48. The molecule has 0 saturated carbocycles. The minimum Gasteiger partial charge on any atom is -0.332 e. The largest absolute Gasteiger partial charge is 0.332 e. The number of likely N-dealkylation sites (N-methyl/N-ethyl adjacent to an activating group) is 1. The van der Waals surface area contributed by atoms with E-state index in [-0.39, 0.29) is 6.04 Å². The van der Waals surface area contributed by atoms with Crippen molar-refractivity contribution in [3.63, 3.8) is 0 Å². The lowest BCUT2D eigenvalue weighted by Gasteiger charge is -2.21. The summed E-state index contributed by atoms with van der Waals surface area (Å²) in [7, 11) is 2.13. The van der Waals surface area contributed by atoms with Crippen molar-refractivity contribution in [2.75, 3.05) is 13.6 Å². The standard InChI is InChI=1S/C11H22N4/c1-9(2)14(4)5-6-15-8-13-7-11(15)10(3)12/h7-10H,5-6,12H2,1-4H3/t10-/m1/s1. The molecule has 0 radical (unpaired) electrons. The second-order valence-corrected chi connectivity index (χ2v) is 4.37. The molecule has 15 heavy (non-hydrogen) atoms. The maximum atomic E-state index is 5.85. The van der Waals surface area contributed by atoms with Crippen molar-refractivity contribution in [2.45, 2.75) is 39.4 Å². The van der Waals surface area contributed by atoms with Crippen molar-refractivity contribution in [1.82, 2.24) is 14.5 Å². The van der Waals surface area contributed by atoms with E-state index in [1.165, 1.54) is 0 Å². The highest BCUT2D eigenvalue weighted by Gasteiger charge is 2.08. The molecule has 0 bridgehead atoms. The van der Waals surface area contributed by atoms with E-state index in [0.717, 1.165) is 18.8 Å². The second kappa shape index (κ2) is 5.28. The summed E-state index contributed by atoms with van der Waals surface area (Å²) in [6, 6.07) is 0.629. The summed E-state index contributed by atoms with van der Waals surface area (Å²) in [5.41, 5.74) is 6.95. The van der Waals surface area contributed by atoms with Gasteiger partial charge in [0.1, 0.15) is 0 Å². The Labute approximate surface area is 92.1 Å². The van der Waals surface area contributed by atoms with Gasteiger partial charge in [0.05, 0.1) is 12.0 Å². The van der Waals surface area contributed by atoms with Gasteiger partial charge in [0.2, 0.25) is 0 Å². The minimum atomic E-state index is 0.0526. The average Bonchev–Trinajstić information content (AvgIpc) is 2.61. The highest BCUT2D eigenvalue weighted by molar-refractivity contribution is 5.03. The van der Waals surface area contributed by atoms with Crippen molar-refractivity contribution < 1.29 is 0 Å². The Bertz CT molecular complexity index is 291. The third kappa shape index (κ3) is 3.32. The van der Waals surface area contributed by atoms with Crippen LogP contribution >= 0.6 is 0 Å². The maximum absolute atomic E-state index is 5.85. The quantitative estimate of drug-likeness (QED) is 0.795. The predicted molar refractivity (Wildman–Crippen MR) is 62.6 cm³/mol. The van der Waals surface area contributed by atoms with Crippen LogP contribution in [0.4, 0.5) is 0 Å². The molecule has 0 fully saturated rings. The molecule has 86 valence electrons. The molecule has 0 aliphatic rings. The van der Waals surface area contributed by atoms with Crippen molar-refractivity contribution >= 4 is 0 Å². The van der Waals surface area contributed by atoms with Gasteiger partial charge in [-0.2, -0.15) is 0 Å². The minimum absolute atomic E-state index is 0.0526. The van der Waals surface area contributed by atoms with Crippen molar-refractivity contribution in [2.24, 2.45) is 5.73 Å². The number of imidazole rings is 1. The monoisotopic (exact) mass is 210 g/mol. The smallest absolute Gasteiger partial charge is 0.0949 e. The molecule has 2 N–H and O–H groups in total. The first kappa shape index (κ1) is 12.2. The van der Waals surface area contributed by atoms with Crippen LogP contribution in [-0.4, -0.2) is 34.1 Å². The van der Waals surface area contributed by atoms with Gasteiger partial charge >= 0.3 is 0 Å². The van der Waals surface area contributed by atoms with Gasteiger partial charge in [-0.25, -0.2) is 4.98 Å². The lowest BCUT2D eigenvalue weighted by atomic mass is 10.2. The Hall–Kier alpha value is -0.870. The highest BCUT2D eigenvalue weighted by atomic mass is 15.2. The number of nitrogens with two attached hydrogens (primary N) is 1. The van der Waals surface area contributed by atoms with E-state index in [9.17, 15) is 0 Å². The Morgan fingerprint density at radius 2 is 2.13 bits per heavy atom. The summed E-state index contributed by atoms with van der Waals surface area (Å²) in [4.78, 5) is 6.44. The molecule has 1 heterocycles. The molecule has 1 aromatic heterocycles. The molecule has 1 rings (SSSR count). The molecule has 0 aliphatic heterocycles. The van der Waals surface area contributed by atoms with Gasteiger partial charge in [-0.05, 0) is 27.8 Å². The third-order valence-corrected chi connectivity index (χ3v) is 2.79. The summed E-state index contributed by atoms with van der Waals surface area (Å²) in [5, 5.41) is 0. The Morgan fingerprint density at radius 1 is 1.47 bits per heavy atom. The van der Waals surface area contributed by atoms with Crippen LogP contribution in [0.15, 0.2) is 12.5 Å². The number of hydrogen-bond donors (Lipinski definition) is 1. The normalized spacial score (nSPS) is 13.8. The van der Waals surface area contributed by atoms with E-state index < -0.39 is 0 Å². The maximum Gasteiger partial charge on any atom is 0.0949 e. The zero-order valence-electron chi connectivity index (χ0n) is 10.1. The second-order valence-electron chi connectivity index (χ2n) is 4.37. The Balaban J connectivity index is 2.54. The van der Waals surface area contributed by atoms with Gasteiger partial charge in [0, 0.05) is 31.4 Å². The van der Waals surface area contributed by atoms with Gasteiger partial charge < -0.3 is 15.2 Å². The molecule has 4 nitrogen and oxygen atoms in total. The van der Waals surface area contributed by atoms with Crippen LogP contribution in [-0.2, 0) is 6.54 Å². The van der Waals surface area contributed by atoms with Crippen LogP contribution < -0.4 is 5.73 Å². The lowest BCUT2D eigenvalue weighted by molar-refractivity contribution is 0.261. The van der Waals surface area contributed by atoms with Crippen molar-refractivity contribution in [1.29, 1.82) is 0 Å². The molecule has 0 unspecified atom stereocenters. The summed E-state index contributed by atoms with van der Waals surface area (Å²) < 4.78 is 2.13. The highest BCUT2D eigenvalue weighted by Crippen LogP contribution is 2.08. The van der Waals surface area contributed by atoms with Crippen LogP contribution in [0.2, 0.25) is 0 Å². The Morgan fingerprint density at radius 3 is 2.67 bits per heavy atom. The van der Waals surface area contributed by atoms with E-state index in [1.54, 1.807) is 0 Å². The van der Waals surface area contributed by atoms with Crippen molar-refractivity contribution in [3.05, 3.63) is 18.2 Å². The van der Waals surface area contributed by atoms with Gasteiger partial charge in [0.15, 0.2) is 0 Å². The third-order valence-electron chi connectivity index (χ3n) is 2.79. The van der Waals surface area contributed by atoms with E-state index in [1.807, 2.05) is 19.4 Å². The molecule has 0 aliphatic carbocycles. The number of rotatable bonds is 5. The van der Waals surface area contributed by atoms with E-state index >= 15 is 0 Å². The van der Waals surface area contributed by atoms with Crippen LogP contribution in [0, 0.1) is 0 Å². The van der Waals surface area contributed by atoms with Gasteiger partial charge in [-0.1, -0.05) is 0 Å². The predicted octanol–water partition coefficient (Wildman–Crippen LogP) is 1.24. The lowest BCUT2D eigenvalue weighted by Crippen LogP contribution is -2.30. The number of nitrogens with zero attached hydrogens (tertiary/aromatic N) is 3. The molecule has 0 amide bonds. The average molecular weight is 210 g/mol. The molecular weight excluding hydrogens is 188 g/mol. The zero-order valence-corrected chi connectivity index (χ0v) is 10.1. The SMILES string of the molecule is CC(C)N(C)CCn1cncc1[C@@H](C)N. The summed E-state index contributed by atoms with van der Waals surface area (Å²) >= 11 is 0. The van der Waals surface area contributed by atoms with Gasteiger partial charge in [0.25, 0.3) is 0 Å². The van der Waals surface area contributed by atoms with Crippen LogP contribution in [0.3, 0.4) is 0 Å². The number of aromatic nitrogens is 2. The molecule has 1 atom stereocenters. The molecule has 1 aromatic rings. The first-order valence-corrected chi connectivity index (χ1v) is 5.48. The van der Waals surface area contributed by atoms with E-state index in [0.29, 0.717) is 6.04 Å². The van der Waals surface area contributed by atoms with Gasteiger partial charge in [-0.3, -0.25) is 0 Å². The van der Waals surface area contributed by atoms with Crippen LogP contribution in [0.5, 0.6) is 0 Å². The molecular formula is C11H22N4. The fourth-order valence-electron chi connectivity index (χ4n) is 1.42. The molecule has 4 heteroatoms.